The second-order valence-electron chi connectivity index (χ2n) is 5.61. The highest BCUT2D eigenvalue weighted by atomic mass is 79.9. The van der Waals surface area contributed by atoms with Crippen molar-refractivity contribution >= 4 is 33.0 Å². The van der Waals surface area contributed by atoms with E-state index >= 15 is 0 Å². The van der Waals surface area contributed by atoms with E-state index in [4.69, 9.17) is 5.73 Å². The zero-order chi connectivity index (χ0) is 16.3. The molecule has 0 bridgehead atoms. The molecule has 1 fully saturated rings. The molecular formula is C14H20BrF3N4. The van der Waals surface area contributed by atoms with E-state index in [0.29, 0.717) is 10.5 Å². The van der Waals surface area contributed by atoms with Crippen LogP contribution in [0.5, 0.6) is 0 Å². The zero-order valence-corrected chi connectivity index (χ0v) is 13.9. The molecule has 22 heavy (non-hydrogen) atoms. The molecule has 1 aliphatic heterocycles. The molecule has 0 radical (unpaired) electrons. The van der Waals surface area contributed by atoms with Crippen LogP contribution in [0.4, 0.5) is 30.2 Å². The van der Waals surface area contributed by atoms with Crippen molar-refractivity contribution in [1.29, 1.82) is 0 Å². The van der Waals surface area contributed by atoms with Gasteiger partial charge in [0.1, 0.15) is 6.54 Å². The summed E-state index contributed by atoms with van der Waals surface area (Å²) in [6.07, 6.45) is -2.22. The Morgan fingerprint density at radius 3 is 2.50 bits per heavy atom. The van der Waals surface area contributed by atoms with Gasteiger partial charge in [-0.2, -0.15) is 13.2 Å². The van der Waals surface area contributed by atoms with E-state index < -0.39 is 12.7 Å². The number of benzene rings is 1. The van der Waals surface area contributed by atoms with Crippen molar-refractivity contribution < 1.29 is 13.2 Å². The molecule has 4 nitrogen and oxygen atoms in total. The maximum absolute atomic E-state index is 12.3. The van der Waals surface area contributed by atoms with E-state index in [-0.39, 0.29) is 11.4 Å². The predicted molar refractivity (Wildman–Crippen MR) is 87.2 cm³/mol. The Labute approximate surface area is 136 Å². The average molecular weight is 381 g/mol. The number of nitrogens with one attached hydrogen (secondary N) is 2. The summed E-state index contributed by atoms with van der Waals surface area (Å²) in [5.41, 5.74) is 7.24. The number of nitrogen functional groups attached to an aromatic ring is 1. The molecule has 0 unspecified atom stereocenters. The van der Waals surface area contributed by atoms with Gasteiger partial charge < -0.3 is 21.3 Å². The van der Waals surface area contributed by atoms with E-state index in [1.807, 2.05) is 0 Å². The fourth-order valence-electron chi connectivity index (χ4n) is 2.48. The lowest BCUT2D eigenvalue weighted by Gasteiger charge is -2.30. The number of hydrogen-bond donors (Lipinski definition) is 3. The van der Waals surface area contributed by atoms with Crippen molar-refractivity contribution in [2.75, 3.05) is 43.0 Å². The van der Waals surface area contributed by atoms with Crippen LogP contribution in [0.2, 0.25) is 0 Å². The van der Waals surface area contributed by atoms with Crippen LogP contribution in [-0.2, 0) is 0 Å². The van der Waals surface area contributed by atoms with Gasteiger partial charge >= 0.3 is 6.18 Å². The Balaban J connectivity index is 2.02. The van der Waals surface area contributed by atoms with Crippen molar-refractivity contribution in [2.45, 2.75) is 25.1 Å². The first-order chi connectivity index (χ1) is 10.2. The fraction of sp³-hybridized carbons (Fsp3) is 0.571. The quantitative estimate of drug-likeness (QED) is 0.699. The minimum atomic E-state index is -4.28. The van der Waals surface area contributed by atoms with Gasteiger partial charge in [-0.25, -0.2) is 0 Å². The van der Waals surface area contributed by atoms with Gasteiger partial charge in [-0.1, -0.05) is 0 Å². The number of piperidine rings is 1. The molecule has 1 saturated heterocycles. The maximum Gasteiger partial charge on any atom is 0.405 e. The lowest BCUT2D eigenvalue weighted by atomic mass is 10.1. The molecule has 1 aromatic carbocycles. The standard InChI is InChI=1S/C14H20BrF3N4/c1-22-4-2-9(3-5-22)21-10-6-11(15)13(12(19)7-10)20-8-14(16,17)18/h6-7,9,20-21H,2-5,8,19H2,1H3. The first kappa shape index (κ1) is 17.2. The van der Waals surface area contributed by atoms with Crippen LogP contribution in [0.3, 0.4) is 0 Å². The number of halogens is 4. The third-order valence-electron chi connectivity index (χ3n) is 3.68. The smallest absolute Gasteiger partial charge is 0.397 e. The van der Waals surface area contributed by atoms with Gasteiger partial charge in [0.15, 0.2) is 0 Å². The van der Waals surface area contributed by atoms with Crippen molar-refractivity contribution in [2.24, 2.45) is 0 Å². The summed E-state index contributed by atoms with van der Waals surface area (Å²) in [5, 5.41) is 5.72. The van der Waals surface area contributed by atoms with Gasteiger partial charge in [0.25, 0.3) is 0 Å². The second-order valence-corrected chi connectivity index (χ2v) is 6.47. The summed E-state index contributed by atoms with van der Waals surface area (Å²) in [5.74, 6) is 0. The first-order valence-corrected chi connectivity index (χ1v) is 7.88. The number of anilines is 3. The second kappa shape index (κ2) is 6.95. The maximum atomic E-state index is 12.3. The first-order valence-electron chi connectivity index (χ1n) is 7.09. The third-order valence-corrected chi connectivity index (χ3v) is 4.30. The number of nitrogens with zero attached hydrogens (tertiary/aromatic N) is 1. The average Bonchev–Trinajstić information content (AvgIpc) is 2.39. The van der Waals surface area contributed by atoms with Crippen LogP contribution in [0.15, 0.2) is 16.6 Å². The van der Waals surface area contributed by atoms with Crippen molar-refractivity contribution in [3.05, 3.63) is 16.6 Å². The summed E-state index contributed by atoms with van der Waals surface area (Å²) in [7, 11) is 2.09. The van der Waals surface area contributed by atoms with Crippen molar-refractivity contribution in [3.8, 4) is 0 Å². The molecule has 2 rings (SSSR count). The Bertz CT molecular complexity index is 490. The van der Waals surface area contributed by atoms with Gasteiger partial charge in [-0.3, -0.25) is 0 Å². The predicted octanol–water partition coefficient (Wildman–Crippen LogP) is 3.51. The monoisotopic (exact) mass is 380 g/mol. The fourth-order valence-corrected chi connectivity index (χ4v) is 3.09. The number of hydrogen-bond acceptors (Lipinski definition) is 4. The topological polar surface area (TPSA) is 53.3 Å². The van der Waals surface area contributed by atoms with Gasteiger partial charge in [0.05, 0.1) is 11.4 Å². The minimum absolute atomic E-state index is 0.270. The molecule has 0 spiro atoms. The lowest BCUT2D eigenvalue weighted by Crippen LogP contribution is -2.36. The largest absolute Gasteiger partial charge is 0.405 e. The molecule has 1 heterocycles. The van der Waals surface area contributed by atoms with Crippen molar-refractivity contribution in [1.82, 2.24) is 4.90 Å². The molecule has 124 valence electrons. The van der Waals surface area contributed by atoms with Crippen LogP contribution >= 0.6 is 15.9 Å². The highest BCUT2D eigenvalue weighted by Crippen LogP contribution is 2.34. The molecule has 0 amide bonds. The molecule has 0 aromatic heterocycles. The van der Waals surface area contributed by atoms with Crippen LogP contribution in [0.25, 0.3) is 0 Å². The number of likely N-dealkylation sites (tertiary alicyclic amines) is 1. The normalized spacial score (nSPS) is 17.5. The molecule has 4 N–H and O–H groups in total. The third kappa shape index (κ3) is 4.95. The van der Waals surface area contributed by atoms with E-state index in [1.54, 1.807) is 12.1 Å². The Morgan fingerprint density at radius 1 is 1.32 bits per heavy atom. The van der Waals surface area contributed by atoms with E-state index in [0.717, 1.165) is 31.6 Å². The molecule has 1 aliphatic rings. The molecule has 0 saturated carbocycles. The molecule has 1 aromatic rings. The molecular weight excluding hydrogens is 361 g/mol. The Morgan fingerprint density at radius 2 is 1.95 bits per heavy atom. The molecule has 0 aliphatic carbocycles. The van der Waals surface area contributed by atoms with Crippen LogP contribution in [-0.4, -0.2) is 43.8 Å². The highest BCUT2D eigenvalue weighted by Gasteiger charge is 2.27. The lowest BCUT2D eigenvalue weighted by molar-refractivity contribution is -0.115. The minimum Gasteiger partial charge on any atom is -0.397 e. The van der Waals surface area contributed by atoms with Crippen LogP contribution < -0.4 is 16.4 Å². The van der Waals surface area contributed by atoms with Crippen LogP contribution in [0.1, 0.15) is 12.8 Å². The zero-order valence-electron chi connectivity index (χ0n) is 12.3. The summed E-state index contributed by atoms with van der Waals surface area (Å²) in [6, 6.07) is 3.78. The van der Waals surface area contributed by atoms with Gasteiger partial charge in [0, 0.05) is 16.2 Å². The summed E-state index contributed by atoms with van der Waals surface area (Å²) in [6.45, 7) is 0.941. The summed E-state index contributed by atoms with van der Waals surface area (Å²) in [4.78, 5) is 2.27. The summed E-state index contributed by atoms with van der Waals surface area (Å²) < 4.78 is 37.4. The summed E-state index contributed by atoms with van der Waals surface area (Å²) >= 11 is 3.28. The van der Waals surface area contributed by atoms with Gasteiger partial charge in [0.2, 0.25) is 0 Å². The number of nitrogens with two attached hydrogens (primary N) is 1. The van der Waals surface area contributed by atoms with E-state index in [2.05, 4.69) is 38.5 Å². The highest BCUT2D eigenvalue weighted by molar-refractivity contribution is 9.10. The van der Waals surface area contributed by atoms with Gasteiger partial charge in [-0.15, -0.1) is 0 Å². The Kier molecular flexibility index (Phi) is 5.44. The van der Waals surface area contributed by atoms with E-state index in [1.165, 1.54) is 0 Å². The van der Waals surface area contributed by atoms with E-state index in [9.17, 15) is 13.2 Å². The molecule has 0 atom stereocenters. The number of alkyl halides is 3. The SMILES string of the molecule is CN1CCC(Nc2cc(N)c(NCC(F)(F)F)c(Br)c2)CC1. The van der Waals surface area contributed by atoms with Crippen molar-refractivity contribution in [3.63, 3.8) is 0 Å². The van der Waals surface area contributed by atoms with Gasteiger partial charge in [-0.05, 0) is 61.0 Å². The molecule has 8 heteroatoms. The number of rotatable bonds is 4. The Hall–Kier alpha value is -1.15. The van der Waals surface area contributed by atoms with Crippen LogP contribution in [0, 0.1) is 0 Å².